The molecule has 5 nitrogen and oxygen atoms in total. The van der Waals surface area contributed by atoms with Crippen LogP contribution < -0.4 is 5.32 Å². The van der Waals surface area contributed by atoms with Gasteiger partial charge >= 0.3 is 0 Å². The lowest BCUT2D eigenvalue weighted by Crippen LogP contribution is -2.39. The van der Waals surface area contributed by atoms with E-state index in [1.165, 1.54) is 6.07 Å². The third-order valence-corrected chi connectivity index (χ3v) is 4.88. The highest BCUT2D eigenvalue weighted by atomic mass is 127. The number of ether oxygens (including phenoxy) is 1. The summed E-state index contributed by atoms with van der Waals surface area (Å²) < 4.78 is 18.5. The van der Waals surface area contributed by atoms with Gasteiger partial charge in [-0.3, -0.25) is 4.99 Å². The first-order chi connectivity index (χ1) is 12.0. The molecule has 0 saturated heterocycles. The summed E-state index contributed by atoms with van der Waals surface area (Å²) in [5.41, 5.74) is 1.95. The smallest absolute Gasteiger partial charge is 0.193 e. The molecular weight excluding hydrogens is 466 g/mol. The molecule has 0 radical (unpaired) electrons. The quantitative estimate of drug-likeness (QED) is 0.363. The topological polar surface area (TPSA) is 49.8 Å². The fraction of sp³-hybridized carbons (Fsp3) is 0.444. The molecule has 144 valence electrons. The van der Waals surface area contributed by atoms with Crippen molar-refractivity contribution in [3.8, 4) is 0 Å². The summed E-state index contributed by atoms with van der Waals surface area (Å²) in [7, 11) is 5.40. The Morgan fingerprint density at radius 2 is 2.23 bits per heavy atom. The highest BCUT2D eigenvalue weighted by molar-refractivity contribution is 14.0. The van der Waals surface area contributed by atoms with Crippen molar-refractivity contribution in [3.05, 3.63) is 51.7 Å². The summed E-state index contributed by atoms with van der Waals surface area (Å²) in [5, 5.41) is 6.32. The molecule has 0 bridgehead atoms. The average molecular weight is 492 g/mol. The van der Waals surface area contributed by atoms with E-state index in [9.17, 15) is 4.39 Å². The second-order valence-corrected chi connectivity index (χ2v) is 6.65. The molecule has 1 aromatic carbocycles. The predicted molar refractivity (Wildman–Crippen MR) is 116 cm³/mol. The Morgan fingerprint density at radius 1 is 1.46 bits per heavy atom. The van der Waals surface area contributed by atoms with E-state index in [-0.39, 0.29) is 35.9 Å². The van der Waals surface area contributed by atoms with Gasteiger partial charge in [-0.05, 0) is 31.0 Å². The summed E-state index contributed by atoms with van der Waals surface area (Å²) in [6.45, 7) is 3.33. The average Bonchev–Trinajstić information content (AvgIpc) is 3.06. The van der Waals surface area contributed by atoms with Gasteiger partial charge in [0, 0.05) is 33.1 Å². The number of aromatic nitrogens is 1. The molecule has 0 fully saturated rings. The molecule has 0 saturated carbocycles. The minimum atomic E-state index is -0.205. The van der Waals surface area contributed by atoms with Crippen LogP contribution in [-0.4, -0.2) is 43.6 Å². The second-order valence-electron chi connectivity index (χ2n) is 5.76. The molecule has 0 aliphatic carbocycles. The molecule has 0 aliphatic heterocycles. The fourth-order valence-electron chi connectivity index (χ4n) is 2.40. The van der Waals surface area contributed by atoms with Crippen LogP contribution in [0, 0.1) is 5.82 Å². The van der Waals surface area contributed by atoms with E-state index in [2.05, 4.69) is 15.3 Å². The lowest BCUT2D eigenvalue weighted by atomic mass is 10.1. The molecule has 1 unspecified atom stereocenters. The number of guanidine groups is 1. The highest BCUT2D eigenvalue weighted by Crippen LogP contribution is 2.20. The molecule has 2 aromatic rings. The van der Waals surface area contributed by atoms with E-state index in [0.29, 0.717) is 13.1 Å². The minimum absolute atomic E-state index is 0. The number of aliphatic imine (C=N–C) groups is 1. The van der Waals surface area contributed by atoms with Crippen LogP contribution in [0.4, 0.5) is 4.39 Å². The number of hydrogen-bond donors (Lipinski definition) is 1. The van der Waals surface area contributed by atoms with Crippen molar-refractivity contribution >= 4 is 41.3 Å². The largest absolute Gasteiger partial charge is 0.375 e. The van der Waals surface area contributed by atoms with E-state index in [0.717, 1.165) is 28.6 Å². The molecule has 0 amide bonds. The van der Waals surface area contributed by atoms with Crippen molar-refractivity contribution in [1.82, 2.24) is 15.2 Å². The molecule has 1 aromatic heterocycles. The van der Waals surface area contributed by atoms with Gasteiger partial charge in [-0.2, -0.15) is 0 Å². The fourth-order valence-corrected chi connectivity index (χ4v) is 3.24. The van der Waals surface area contributed by atoms with Crippen LogP contribution in [-0.2, 0) is 17.7 Å². The number of rotatable bonds is 7. The van der Waals surface area contributed by atoms with Crippen molar-refractivity contribution in [1.29, 1.82) is 0 Å². The van der Waals surface area contributed by atoms with Gasteiger partial charge in [0.05, 0.1) is 12.2 Å². The van der Waals surface area contributed by atoms with Gasteiger partial charge in [0.15, 0.2) is 5.96 Å². The molecule has 26 heavy (non-hydrogen) atoms. The second kappa shape index (κ2) is 11.5. The number of benzene rings is 1. The number of halogens is 2. The van der Waals surface area contributed by atoms with Gasteiger partial charge in [0.1, 0.15) is 16.9 Å². The third kappa shape index (κ3) is 6.81. The van der Waals surface area contributed by atoms with Crippen LogP contribution in [0.15, 0.2) is 34.6 Å². The van der Waals surface area contributed by atoms with Crippen molar-refractivity contribution in [3.63, 3.8) is 0 Å². The lowest BCUT2D eigenvalue weighted by Gasteiger charge is -2.21. The monoisotopic (exact) mass is 492 g/mol. The van der Waals surface area contributed by atoms with Crippen LogP contribution >= 0.6 is 35.3 Å². The van der Waals surface area contributed by atoms with Gasteiger partial charge in [-0.1, -0.05) is 12.1 Å². The van der Waals surface area contributed by atoms with Crippen LogP contribution in [0.25, 0.3) is 0 Å². The first-order valence-electron chi connectivity index (χ1n) is 8.16. The van der Waals surface area contributed by atoms with Crippen molar-refractivity contribution < 1.29 is 9.13 Å². The van der Waals surface area contributed by atoms with Crippen molar-refractivity contribution in [2.45, 2.75) is 26.0 Å². The summed E-state index contributed by atoms with van der Waals surface area (Å²) in [4.78, 5) is 10.9. The van der Waals surface area contributed by atoms with Crippen LogP contribution in [0.3, 0.4) is 0 Å². The molecule has 8 heteroatoms. The number of nitrogens with zero attached hydrogens (tertiary/aromatic N) is 3. The van der Waals surface area contributed by atoms with E-state index < -0.39 is 0 Å². The van der Waals surface area contributed by atoms with Gasteiger partial charge in [0.25, 0.3) is 0 Å². The summed E-state index contributed by atoms with van der Waals surface area (Å²) in [6.07, 6.45) is 0.740. The standard InChI is InChI=1S/C18H25FN4OS.HI/c1-13(24-4)17-22-16(12-25-17)11-23(3)18(20-2)21-9-8-14-6-5-7-15(19)10-14;/h5-7,10,12-13H,8-9,11H2,1-4H3,(H,20,21);1H. The summed E-state index contributed by atoms with van der Waals surface area (Å²) >= 11 is 1.60. The first kappa shape index (κ1) is 22.8. The molecular formula is C18H26FIN4OS. The maximum absolute atomic E-state index is 13.2. The summed E-state index contributed by atoms with van der Waals surface area (Å²) in [6, 6.07) is 6.66. The molecule has 1 heterocycles. The van der Waals surface area contributed by atoms with Gasteiger partial charge < -0.3 is 15.0 Å². The Hall–Kier alpha value is -1.26. The minimum Gasteiger partial charge on any atom is -0.375 e. The van der Waals surface area contributed by atoms with Gasteiger partial charge in [-0.15, -0.1) is 35.3 Å². The Bertz CT molecular complexity index is 710. The zero-order valence-electron chi connectivity index (χ0n) is 15.5. The number of nitrogens with one attached hydrogen (secondary N) is 1. The maximum Gasteiger partial charge on any atom is 0.193 e. The Kier molecular flexibility index (Phi) is 10.0. The Morgan fingerprint density at radius 3 is 2.88 bits per heavy atom. The molecule has 0 spiro atoms. The van der Waals surface area contributed by atoms with E-state index >= 15 is 0 Å². The first-order valence-corrected chi connectivity index (χ1v) is 9.04. The Labute approximate surface area is 175 Å². The van der Waals surface area contributed by atoms with Crippen LogP contribution in [0.1, 0.15) is 29.3 Å². The van der Waals surface area contributed by atoms with E-state index in [1.807, 2.05) is 30.3 Å². The number of thiazole rings is 1. The maximum atomic E-state index is 13.2. The molecule has 1 atom stereocenters. The van der Waals surface area contributed by atoms with Gasteiger partial charge in [-0.25, -0.2) is 9.37 Å². The SMILES string of the molecule is CN=C(NCCc1cccc(F)c1)N(C)Cc1csc(C(C)OC)n1.I. The normalized spacial score (nSPS) is 12.4. The number of hydrogen-bond acceptors (Lipinski definition) is 4. The molecule has 1 N–H and O–H groups in total. The van der Waals surface area contributed by atoms with Crippen molar-refractivity contribution in [2.75, 3.05) is 27.7 Å². The number of methoxy groups -OCH3 is 1. The lowest BCUT2D eigenvalue weighted by molar-refractivity contribution is 0.119. The third-order valence-electron chi connectivity index (χ3n) is 3.83. The van der Waals surface area contributed by atoms with E-state index in [1.54, 1.807) is 37.6 Å². The van der Waals surface area contributed by atoms with Gasteiger partial charge in [0.2, 0.25) is 0 Å². The zero-order chi connectivity index (χ0) is 18.2. The summed E-state index contributed by atoms with van der Waals surface area (Å²) in [5.74, 6) is 0.578. The molecule has 2 rings (SSSR count). The van der Waals surface area contributed by atoms with Crippen LogP contribution in [0.2, 0.25) is 0 Å². The highest BCUT2D eigenvalue weighted by Gasteiger charge is 2.12. The van der Waals surface area contributed by atoms with Crippen molar-refractivity contribution in [2.24, 2.45) is 4.99 Å². The Balaban J connectivity index is 0.00000338. The zero-order valence-corrected chi connectivity index (χ0v) is 18.7. The van der Waals surface area contributed by atoms with E-state index in [4.69, 9.17) is 4.74 Å². The molecule has 0 aliphatic rings. The van der Waals surface area contributed by atoms with Crippen LogP contribution in [0.5, 0.6) is 0 Å². The predicted octanol–water partition coefficient (Wildman–Crippen LogP) is 3.86.